The number of H-pyrrole nitrogens is 1. The van der Waals surface area contributed by atoms with Gasteiger partial charge in [-0.05, 0) is 17.7 Å². The summed E-state index contributed by atoms with van der Waals surface area (Å²) in [7, 11) is 0. The highest BCUT2D eigenvalue weighted by molar-refractivity contribution is 5.94. The van der Waals surface area contributed by atoms with Gasteiger partial charge in [0.15, 0.2) is 0 Å². The largest absolute Gasteiger partial charge is 0.351 e. The van der Waals surface area contributed by atoms with Crippen molar-refractivity contribution in [1.82, 2.24) is 25.8 Å². The maximum absolute atomic E-state index is 12.4. The van der Waals surface area contributed by atoms with Crippen molar-refractivity contribution in [2.75, 3.05) is 19.6 Å². The van der Waals surface area contributed by atoms with Crippen molar-refractivity contribution in [3.05, 3.63) is 48.2 Å². The summed E-state index contributed by atoms with van der Waals surface area (Å²) in [5.41, 5.74) is 2.38. The lowest BCUT2D eigenvalue weighted by atomic mass is 10.1. The van der Waals surface area contributed by atoms with Crippen molar-refractivity contribution in [2.24, 2.45) is 0 Å². The fourth-order valence-electron chi connectivity index (χ4n) is 3.15. The summed E-state index contributed by atoms with van der Waals surface area (Å²) in [6, 6.07) is 12.5. The van der Waals surface area contributed by atoms with Crippen molar-refractivity contribution < 1.29 is 14.4 Å². The normalized spacial score (nSPS) is 19.5. The van der Waals surface area contributed by atoms with Gasteiger partial charge in [0, 0.05) is 25.3 Å². The molecule has 0 radical (unpaired) electrons. The molecule has 2 aromatic rings. The minimum Gasteiger partial charge on any atom is -0.351 e. The number of aromatic nitrogens is 1. The van der Waals surface area contributed by atoms with E-state index < -0.39 is 6.04 Å². The standard InChI is InChI=1S/C18H19N5O3/c24-16(14-7-6-13(21-14)11-4-2-1-3-5-11)20-12-9-23(10-12)17(25)15-8-19-18(26)22-15/h1-7,12,15,21H,8-10H2,(H,20,24)(H2,19,22,26)/t15-/m1/s1. The highest BCUT2D eigenvalue weighted by atomic mass is 16.2. The molecule has 2 aliphatic rings. The van der Waals surface area contributed by atoms with Gasteiger partial charge in [-0.2, -0.15) is 0 Å². The molecule has 26 heavy (non-hydrogen) atoms. The van der Waals surface area contributed by atoms with Gasteiger partial charge in [0.2, 0.25) is 5.91 Å². The average molecular weight is 353 g/mol. The predicted octanol–water partition coefficient (Wildman–Crippen LogP) is 0.304. The number of hydrogen-bond acceptors (Lipinski definition) is 3. The van der Waals surface area contributed by atoms with Crippen LogP contribution in [0.2, 0.25) is 0 Å². The molecule has 0 spiro atoms. The molecule has 3 heterocycles. The maximum atomic E-state index is 12.4. The number of urea groups is 1. The molecule has 8 nitrogen and oxygen atoms in total. The molecule has 1 aromatic heterocycles. The third kappa shape index (κ3) is 3.13. The van der Waals surface area contributed by atoms with Crippen LogP contribution in [0.15, 0.2) is 42.5 Å². The molecule has 4 rings (SSSR count). The monoisotopic (exact) mass is 353 g/mol. The Morgan fingerprint density at radius 2 is 1.85 bits per heavy atom. The molecular formula is C18H19N5O3. The first-order chi connectivity index (χ1) is 12.6. The van der Waals surface area contributed by atoms with Gasteiger partial charge in [-0.25, -0.2) is 4.79 Å². The number of nitrogens with one attached hydrogen (secondary N) is 4. The van der Waals surface area contributed by atoms with Crippen LogP contribution in [0.1, 0.15) is 10.5 Å². The summed E-state index contributed by atoms with van der Waals surface area (Å²) in [4.78, 5) is 40.4. The summed E-state index contributed by atoms with van der Waals surface area (Å²) < 4.78 is 0. The third-order valence-electron chi connectivity index (χ3n) is 4.61. The second-order valence-electron chi connectivity index (χ2n) is 6.47. The molecule has 0 unspecified atom stereocenters. The van der Waals surface area contributed by atoms with E-state index in [1.807, 2.05) is 36.4 Å². The molecule has 4 amide bonds. The number of aromatic amines is 1. The fourth-order valence-corrected chi connectivity index (χ4v) is 3.15. The molecule has 0 bridgehead atoms. The van der Waals surface area contributed by atoms with Gasteiger partial charge in [-0.3, -0.25) is 9.59 Å². The van der Waals surface area contributed by atoms with Crippen molar-refractivity contribution >= 4 is 17.8 Å². The lowest BCUT2D eigenvalue weighted by Crippen LogP contribution is -2.63. The molecule has 2 aliphatic heterocycles. The smallest absolute Gasteiger partial charge is 0.315 e. The molecule has 1 aromatic carbocycles. The Morgan fingerprint density at radius 3 is 2.54 bits per heavy atom. The van der Waals surface area contributed by atoms with Crippen LogP contribution >= 0.6 is 0 Å². The van der Waals surface area contributed by atoms with Crippen LogP contribution in [0.5, 0.6) is 0 Å². The number of carbonyl (C=O) groups excluding carboxylic acids is 3. The minimum atomic E-state index is -0.518. The van der Waals surface area contributed by atoms with E-state index in [1.165, 1.54) is 0 Å². The lowest BCUT2D eigenvalue weighted by molar-refractivity contribution is -0.137. The molecule has 134 valence electrons. The predicted molar refractivity (Wildman–Crippen MR) is 94.4 cm³/mol. The number of hydrogen-bond donors (Lipinski definition) is 4. The first-order valence-electron chi connectivity index (χ1n) is 8.48. The Morgan fingerprint density at radius 1 is 1.08 bits per heavy atom. The van der Waals surface area contributed by atoms with Gasteiger partial charge in [-0.1, -0.05) is 30.3 Å². The van der Waals surface area contributed by atoms with Crippen LogP contribution in [0, 0.1) is 0 Å². The van der Waals surface area contributed by atoms with E-state index in [4.69, 9.17) is 0 Å². The van der Waals surface area contributed by atoms with E-state index >= 15 is 0 Å². The first-order valence-corrected chi connectivity index (χ1v) is 8.48. The number of nitrogens with zero attached hydrogens (tertiary/aromatic N) is 1. The van der Waals surface area contributed by atoms with Crippen LogP contribution in [0.25, 0.3) is 11.3 Å². The van der Waals surface area contributed by atoms with Gasteiger partial charge in [0.1, 0.15) is 11.7 Å². The Kier molecular flexibility index (Phi) is 4.08. The van der Waals surface area contributed by atoms with Crippen molar-refractivity contribution in [3.63, 3.8) is 0 Å². The Labute approximate surface area is 149 Å². The van der Waals surface area contributed by atoms with Crippen LogP contribution in [-0.4, -0.2) is 59.4 Å². The van der Waals surface area contributed by atoms with Crippen molar-refractivity contribution in [1.29, 1.82) is 0 Å². The molecule has 8 heteroatoms. The zero-order valence-corrected chi connectivity index (χ0v) is 14.0. The SMILES string of the molecule is O=C1NC[C@H](C(=O)N2CC(NC(=O)c3ccc(-c4ccccc4)[nH]3)C2)N1. The van der Waals surface area contributed by atoms with E-state index in [9.17, 15) is 14.4 Å². The molecule has 1 atom stereocenters. The van der Waals surface area contributed by atoms with E-state index in [1.54, 1.807) is 11.0 Å². The van der Waals surface area contributed by atoms with Crippen molar-refractivity contribution in [3.8, 4) is 11.3 Å². The number of likely N-dealkylation sites (tertiary alicyclic amines) is 1. The van der Waals surface area contributed by atoms with Gasteiger partial charge in [-0.15, -0.1) is 0 Å². The maximum Gasteiger partial charge on any atom is 0.315 e. The first kappa shape index (κ1) is 16.2. The molecular weight excluding hydrogens is 334 g/mol. The van der Waals surface area contributed by atoms with E-state index in [2.05, 4.69) is 20.9 Å². The summed E-state index contributed by atoms with van der Waals surface area (Å²) in [6.45, 7) is 1.20. The number of rotatable bonds is 4. The fraction of sp³-hybridized carbons (Fsp3) is 0.278. The third-order valence-corrected chi connectivity index (χ3v) is 4.61. The molecule has 0 saturated carbocycles. The van der Waals surface area contributed by atoms with Crippen LogP contribution < -0.4 is 16.0 Å². The number of amides is 4. The quantitative estimate of drug-likeness (QED) is 0.635. The Balaban J connectivity index is 1.29. The van der Waals surface area contributed by atoms with Crippen LogP contribution in [0.3, 0.4) is 0 Å². The number of carbonyl (C=O) groups is 3. The zero-order valence-electron chi connectivity index (χ0n) is 14.0. The Hall–Kier alpha value is -3.29. The van der Waals surface area contributed by atoms with E-state index in [0.29, 0.717) is 25.3 Å². The van der Waals surface area contributed by atoms with E-state index in [-0.39, 0.29) is 23.9 Å². The summed E-state index contributed by atoms with van der Waals surface area (Å²) in [5, 5.41) is 8.05. The summed E-state index contributed by atoms with van der Waals surface area (Å²) in [5.74, 6) is -0.319. The van der Waals surface area contributed by atoms with Gasteiger partial charge in [0.25, 0.3) is 5.91 Å². The van der Waals surface area contributed by atoms with Crippen molar-refractivity contribution in [2.45, 2.75) is 12.1 Å². The topological polar surface area (TPSA) is 106 Å². The minimum absolute atomic E-state index is 0.0833. The molecule has 2 saturated heterocycles. The van der Waals surface area contributed by atoms with Crippen LogP contribution in [-0.2, 0) is 4.79 Å². The number of benzene rings is 1. The van der Waals surface area contributed by atoms with E-state index in [0.717, 1.165) is 11.3 Å². The van der Waals surface area contributed by atoms with Gasteiger partial charge < -0.3 is 25.8 Å². The highest BCUT2D eigenvalue weighted by Gasteiger charge is 2.37. The summed E-state index contributed by atoms with van der Waals surface area (Å²) >= 11 is 0. The lowest BCUT2D eigenvalue weighted by Gasteiger charge is -2.40. The average Bonchev–Trinajstić information content (AvgIpc) is 3.27. The molecule has 2 fully saturated rings. The Bertz CT molecular complexity index is 842. The zero-order chi connectivity index (χ0) is 18.1. The highest BCUT2D eigenvalue weighted by Crippen LogP contribution is 2.18. The second-order valence-corrected chi connectivity index (χ2v) is 6.47. The van der Waals surface area contributed by atoms with Crippen LogP contribution in [0.4, 0.5) is 4.79 Å². The molecule has 0 aliphatic carbocycles. The molecule has 4 N–H and O–H groups in total. The second kappa shape index (κ2) is 6.55. The summed E-state index contributed by atoms with van der Waals surface area (Å²) in [6.07, 6.45) is 0. The van der Waals surface area contributed by atoms with Gasteiger partial charge in [0.05, 0.1) is 6.04 Å². The van der Waals surface area contributed by atoms with Gasteiger partial charge >= 0.3 is 6.03 Å².